The number of nitrogens with zero attached hydrogens (tertiary/aromatic N) is 1. The quantitative estimate of drug-likeness (QED) is 0.149. The molecule has 9 aromatic carbocycles. The lowest BCUT2D eigenvalue weighted by molar-refractivity contribution is 1.00. The van der Waals surface area contributed by atoms with Gasteiger partial charge in [0.25, 0.3) is 0 Å². The van der Waals surface area contributed by atoms with E-state index in [9.17, 15) is 0 Å². The molecular formula is C55H41N. The normalized spacial score (nSPS) is 12.2. The zero-order valence-corrected chi connectivity index (χ0v) is 31.5. The molecule has 0 aromatic heterocycles. The first-order valence-corrected chi connectivity index (χ1v) is 19.7. The average Bonchev–Trinajstić information content (AvgIpc) is 3.28. The number of allylic oxidation sites excluding steroid dienone is 1. The van der Waals surface area contributed by atoms with E-state index in [-0.39, 0.29) is 0 Å². The first-order chi connectivity index (χ1) is 27.7. The molecule has 0 heterocycles. The van der Waals surface area contributed by atoms with Crippen LogP contribution < -0.4 is 4.90 Å². The Labute approximate surface area is 329 Å². The molecule has 0 amide bonds. The van der Waals surface area contributed by atoms with Crippen LogP contribution in [0.4, 0.5) is 17.1 Å². The molecule has 0 fully saturated rings. The molecule has 0 N–H and O–H groups in total. The van der Waals surface area contributed by atoms with E-state index < -0.39 is 0 Å². The summed E-state index contributed by atoms with van der Waals surface area (Å²) in [6.07, 6.45) is 6.78. The summed E-state index contributed by atoms with van der Waals surface area (Å²) in [4.78, 5) is 2.41. The Morgan fingerprint density at radius 1 is 0.411 bits per heavy atom. The minimum atomic E-state index is 0.993. The first kappa shape index (κ1) is 33.6. The minimum absolute atomic E-state index is 0.993. The van der Waals surface area contributed by atoms with E-state index in [0.29, 0.717) is 0 Å². The van der Waals surface area contributed by atoms with Gasteiger partial charge < -0.3 is 4.90 Å². The van der Waals surface area contributed by atoms with Crippen LogP contribution in [0.15, 0.2) is 200 Å². The van der Waals surface area contributed by atoms with E-state index in [2.05, 4.69) is 218 Å². The second-order valence-electron chi connectivity index (χ2n) is 14.8. The van der Waals surface area contributed by atoms with Gasteiger partial charge >= 0.3 is 0 Å². The van der Waals surface area contributed by atoms with Crippen molar-refractivity contribution < 1.29 is 0 Å². The Hall–Kier alpha value is -6.96. The van der Waals surface area contributed by atoms with E-state index in [0.717, 1.165) is 29.9 Å². The van der Waals surface area contributed by atoms with Crippen LogP contribution in [-0.4, -0.2) is 0 Å². The van der Waals surface area contributed by atoms with Crippen LogP contribution in [0.1, 0.15) is 23.1 Å². The summed E-state index contributed by atoms with van der Waals surface area (Å²) >= 11 is 0. The van der Waals surface area contributed by atoms with Crippen molar-refractivity contribution in [3.63, 3.8) is 0 Å². The SMILES string of the molecule is Cc1ccc(N(c2ccc(-c3ccccc3)cc2)c2ccc3c(c2)c2c(c4c(-c5ccccc5)cc(-c5ccccc5)c(-c5ccccc5)c43)C=CCC2)cc1. The molecule has 0 saturated heterocycles. The molecule has 0 unspecified atom stereocenters. The van der Waals surface area contributed by atoms with E-state index in [1.165, 1.54) is 82.7 Å². The number of benzene rings is 9. The molecule has 1 heteroatoms. The molecule has 0 aliphatic heterocycles. The molecule has 0 bridgehead atoms. The molecule has 0 spiro atoms. The lowest BCUT2D eigenvalue weighted by Crippen LogP contribution is -2.10. The fraction of sp³-hybridized carbons (Fsp3) is 0.0545. The maximum Gasteiger partial charge on any atom is 0.0468 e. The zero-order chi connectivity index (χ0) is 37.4. The van der Waals surface area contributed by atoms with Crippen LogP contribution in [0.5, 0.6) is 0 Å². The summed E-state index contributed by atoms with van der Waals surface area (Å²) in [7, 11) is 0. The number of hydrogen-bond acceptors (Lipinski definition) is 1. The highest BCUT2D eigenvalue weighted by Crippen LogP contribution is 2.50. The minimum Gasteiger partial charge on any atom is -0.310 e. The van der Waals surface area contributed by atoms with Crippen molar-refractivity contribution in [2.45, 2.75) is 19.8 Å². The smallest absolute Gasteiger partial charge is 0.0468 e. The van der Waals surface area contributed by atoms with Crippen molar-refractivity contribution >= 4 is 44.7 Å². The monoisotopic (exact) mass is 715 g/mol. The summed E-state index contributed by atoms with van der Waals surface area (Å²) in [6, 6.07) is 71.1. The Morgan fingerprint density at radius 2 is 0.929 bits per heavy atom. The van der Waals surface area contributed by atoms with Gasteiger partial charge in [-0.15, -0.1) is 0 Å². The number of fused-ring (bicyclic) bond motifs is 6. The van der Waals surface area contributed by atoms with Gasteiger partial charge in [0.2, 0.25) is 0 Å². The number of rotatable bonds is 7. The van der Waals surface area contributed by atoms with Crippen molar-refractivity contribution in [2.24, 2.45) is 0 Å². The van der Waals surface area contributed by atoms with Crippen LogP contribution in [0, 0.1) is 6.92 Å². The van der Waals surface area contributed by atoms with Gasteiger partial charge in [-0.1, -0.05) is 169 Å². The predicted molar refractivity (Wildman–Crippen MR) is 240 cm³/mol. The largest absolute Gasteiger partial charge is 0.310 e. The Balaban J connectivity index is 1.29. The third-order valence-corrected chi connectivity index (χ3v) is 11.4. The van der Waals surface area contributed by atoms with Gasteiger partial charge in [-0.25, -0.2) is 0 Å². The lowest BCUT2D eigenvalue weighted by atomic mass is 9.78. The topological polar surface area (TPSA) is 3.24 Å². The molecule has 1 nitrogen and oxygen atoms in total. The van der Waals surface area contributed by atoms with Crippen molar-refractivity contribution in [3.05, 3.63) is 217 Å². The second-order valence-corrected chi connectivity index (χ2v) is 14.8. The van der Waals surface area contributed by atoms with Gasteiger partial charge in [0.05, 0.1) is 0 Å². The highest BCUT2D eigenvalue weighted by Gasteiger charge is 2.25. The van der Waals surface area contributed by atoms with Gasteiger partial charge in [0, 0.05) is 17.1 Å². The van der Waals surface area contributed by atoms with Crippen molar-refractivity contribution in [1.82, 2.24) is 0 Å². The fourth-order valence-corrected chi connectivity index (χ4v) is 8.72. The molecule has 266 valence electrons. The van der Waals surface area contributed by atoms with Gasteiger partial charge in [0.1, 0.15) is 0 Å². The van der Waals surface area contributed by atoms with E-state index >= 15 is 0 Å². The highest BCUT2D eigenvalue weighted by atomic mass is 15.1. The number of anilines is 3. The van der Waals surface area contributed by atoms with Crippen molar-refractivity contribution in [2.75, 3.05) is 4.90 Å². The van der Waals surface area contributed by atoms with Gasteiger partial charge in [-0.2, -0.15) is 0 Å². The number of aryl methyl sites for hydroxylation is 2. The molecule has 1 aliphatic carbocycles. The summed E-state index contributed by atoms with van der Waals surface area (Å²) < 4.78 is 0. The zero-order valence-electron chi connectivity index (χ0n) is 31.5. The van der Waals surface area contributed by atoms with Gasteiger partial charge in [0.15, 0.2) is 0 Å². The van der Waals surface area contributed by atoms with E-state index in [4.69, 9.17) is 0 Å². The van der Waals surface area contributed by atoms with Gasteiger partial charge in [-0.05, 0) is 139 Å². The maximum atomic E-state index is 2.46. The Bertz CT molecular complexity index is 2860. The maximum absolute atomic E-state index is 2.46. The molecular weight excluding hydrogens is 675 g/mol. The van der Waals surface area contributed by atoms with Crippen LogP contribution in [0.25, 0.3) is 72.1 Å². The molecule has 0 atom stereocenters. The molecule has 9 aromatic rings. The van der Waals surface area contributed by atoms with Crippen LogP contribution in [-0.2, 0) is 6.42 Å². The summed E-state index contributed by atoms with van der Waals surface area (Å²) in [5.74, 6) is 0. The van der Waals surface area contributed by atoms with Crippen LogP contribution in [0.3, 0.4) is 0 Å². The number of hydrogen-bond donors (Lipinski definition) is 0. The third-order valence-electron chi connectivity index (χ3n) is 11.4. The highest BCUT2D eigenvalue weighted by molar-refractivity contribution is 6.25. The summed E-state index contributed by atoms with van der Waals surface area (Å²) in [5.41, 5.74) is 17.3. The van der Waals surface area contributed by atoms with Crippen LogP contribution in [0.2, 0.25) is 0 Å². The van der Waals surface area contributed by atoms with Crippen molar-refractivity contribution in [3.8, 4) is 44.5 Å². The molecule has 0 radical (unpaired) electrons. The van der Waals surface area contributed by atoms with Crippen LogP contribution >= 0.6 is 0 Å². The third kappa shape index (κ3) is 5.99. The molecule has 0 saturated carbocycles. The Morgan fingerprint density at radius 3 is 1.55 bits per heavy atom. The molecule has 56 heavy (non-hydrogen) atoms. The van der Waals surface area contributed by atoms with E-state index in [1.807, 2.05) is 0 Å². The fourth-order valence-electron chi connectivity index (χ4n) is 8.72. The van der Waals surface area contributed by atoms with Gasteiger partial charge in [-0.3, -0.25) is 0 Å². The summed E-state index contributed by atoms with van der Waals surface area (Å²) in [6.45, 7) is 2.15. The average molecular weight is 716 g/mol. The summed E-state index contributed by atoms with van der Waals surface area (Å²) in [5, 5.41) is 5.23. The second kappa shape index (κ2) is 14.4. The predicted octanol–water partition coefficient (Wildman–Crippen LogP) is 15.4. The van der Waals surface area contributed by atoms with Crippen molar-refractivity contribution in [1.29, 1.82) is 0 Å². The first-order valence-electron chi connectivity index (χ1n) is 19.7. The molecule has 1 aliphatic rings. The standard InChI is InChI=1S/C55H41N/c1-38-26-30-44(31-27-38)56(45-32-28-40(29-33-45)39-16-6-2-7-17-39)46-34-35-49-52(36-46)47-24-14-15-25-48(47)54-51(42-20-10-4-11-21-42)37-50(41-18-8-3-9-19-41)53(55(49)54)43-22-12-5-13-23-43/h2-13,15-23,25-37H,14,24H2,1H3. The molecule has 10 rings (SSSR count). The lowest BCUT2D eigenvalue weighted by Gasteiger charge is -2.28. The van der Waals surface area contributed by atoms with E-state index in [1.54, 1.807) is 0 Å². The Kier molecular flexibility index (Phi) is 8.61.